The zero-order chi connectivity index (χ0) is 17.4. The molecule has 1 aliphatic heterocycles. The van der Waals surface area contributed by atoms with E-state index in [0.29, 0.717) is 0 Å². The van der Waals surface area contributed by atoms with Crippen molar-refractivity contribution >= 4 is 12.4 Å². The third kappa shape index (κ3) is 3.61. The molecular weight excluding hydrogens is 369 g/mol. The molecule has 1 aliphatic rings. The van der Waals surface area contributed by atoms with Gasteiger partial charge in [-0.05, 0) is 0 Å². The highest BCUT2D eigenvalue weighted by molar-refractivity contribution is 5.85. The van der Waals surface area contributed by atoms with E-state index in [4.69, 9.17) is 5.11 Å². The van der Waals surface area contributed by atoms with Gasteiger partial charge in [-0.3, -0.25) is 4.90 Å². The average Bonchev–Trinajstić information content (AvgIpc) is 2.55. The Morgan fingerprint density at radius 2 is 1.33 bits per heavy atom. The van der Waals surface area contributed by atoms with Gasteiger partial charge in [0.2, 0.25) is 5.82 Å². The van der Waals surface area contributed by atoms with E-state index in [-0.39, 0.29) is 38.6 Å². The predicted octanol–water partition coefficient (Wildman–Crippen LogP) is 2.38. The molecule has 3 nitrogen and oxygen atoms in total. The summed E-state index contributed by atoms with van der Waals surface area (Å²) in [6, 6.07) is -2.47. The summed E-state index contributed by atoms with van der Waals surface area (Å²) in [5.74, 6) is -15.8. The summed E-state index contributed by atoms with van der Waals surface area (Å²) in [6.45, 7) is -1.65. The van der Waals surface area contributed by atoms with Crippen molar-refractivity contribution in [3.63, 3.8) is 0 Å². The first kappa shape index (κ1) is 20.9. The molecule has 1 fully saturated rings. The van der Waals surface area contributed by atoms with Crippen LogP contribution < -0.4 is 5.32 Å². The fourth-order valence-corrected chi connectivity index (χ4v) is 2.55. The van der Waals surface area contributed by atoms with Gasteiger partial charge in [-0.15, -0.1) is 12.4 Å². The van der Waals surface area contributed by atoms with Gasteiger partial charge in [-0.25, -0.2) is 30.7 Å². The summed E-state index contributed by atoms with van der Waals surface area (Å²) in [5, 5.41) is 11.6. The van der Waals surface area contributed by atoms with Crippen molar-refractivity contribution in [1.29, 1.82) is 0 Å². The first-order chi connectivity index (χ1) is 10.7. The van der Waals surface area contributed by atoms with Crippen LogP contribution in [0.2, 0.25) is 0 Å². The van der Waals surface area contributed by atoms with Crippen molar-refractivity contribution in [3.8, 4) is 0 Å². The molecule has 1 aromatic rings. The van der Waals surface area contributed by atoms with Crippen LogP contribution in [0.15, 0.2) is 0 Å². The number of hydrogen-bond donors (Lipinski definition) is 2. The van der Waals surface area contributed by atoms with Crippen LogP contribution in [0.5, 0.6) is 0 Å². The Bertz CT molecular complexity index is 567. The molecule has 0 spiro atoms. The number of aliphatic hydroxyl groups is 1. The number of nitrogens with zero attached hydrogens (tertiary/aromatic N) is 1. The van der Waals surface area contributed by atoms with E-state index in [0.717, 1.165) is 4.90 Å². The SMILES string of the molecule is Cl.OCC(F)(F)[C@@H](c1c(F)c(F)c(F)c(F)c1F)N1CCNCC1. The highest BCUT2D eigenvalue weighted by atomic mass is 35.5. The molecule has 11 heteroatoms. The Morgan fingerprint density at radius 1 is 0.917 bits per heavy atom. The average molecular weight is 383 g/mol. The molecular formula is C13H14ClF7N2O. The maximum absolute atomic E-state index is 14.0. The summed E-state index contributed by atoms with van der Waals surface area (Å²) in [4.78, 5) is 0.880. The van der Waals surface area contributed by atoms with Crippen LogP contribution in [0.1, 0.15) is 11.6 Å². The molecule has 0 saturated carbocycles. The second-order valence-electron chi connectivity index (χ2n) is 5.09. The van der Waals surface area contributed by atoms with Crippen LogP contribution in [-0.4, -0.2) is 48.7 Å². The van der Waals surface area contributed by atoms with E-state index in [2.05, 4.69) is 5.32 Å². The second-order valence-corrected chi connectivity index (χ2v) is 5.09. The lowest BCUT2D eigenvalue weighted by Gasteiger charge is -2.38. The van der Waals surface area contributed by atoms with E-state index < -0.39 is 53.2 Å². The lowest BCUT2D eigenvalue weighted by molar-refractivity contribution is -0.120. The molecule has 0 bridgehead atoms. The van der Waals surface area contributed by atoms with E-state index in [9.17, 15) is 30.7 Å². The van der Waals surface area contributed by atoms with Gasteiger partial charge < -0.3 is 10.4 Å². The summed E-state index contributed by atoms with van der Waals surface area (Å²) >= 11 is 0. The molecule has 1 atom stereocenters. The van der Waals surface area contributed by atoms with Crippen LogP contribution in [0.3, 0.4) is 0 Å². The minimum Gasteiger partial charge on any atom is -0.390 e. The van der Waals surface area contributed by atoms with Crippen LogP contribution >= 0.6 is 12.4 Å². The zero-order valence-corrected chi connectivity index (χ0v) is 12.9. The summed E-state index contributed by atoms with van der Waals surface area (Å²) in [6.07, 6.45) is 0. The Hall–Kier alpha value is -1.10. The number of rotatable bonds is 4. The minimum atomic E-state index is -4.10. The fourth-order valence-electron chi connectivity index (χ4n) is 2.55. The second kappa shape index (κ2) is 7.85. The van der Waals surface area contributed by atoms with Crippen LogP contribution in [-0.2, 0) is 0 Å². The molecule has 0 aromatic heterocycles. The van der Waals surface area contributed by atoms with Crippen molar-refractivity contribution in [2.24, 2.45) is 0 Å². The normalized spacial score (nSPS) is 17.5. The van der Waals surface area contributed by atoms with Gasteiger partial charge in [0, 0.05) is 26.2 Å². The van der Waals surface area contributed by atoms with Gasteiger partial charge in [0.15, 0.2) is 23.3 Å². The summed E-state index contributed by atoms with van der Waals surface area (Å²) in [7, 11) is 0. The smallest absolute Gasteiger partial charge is 0.290 e. The topological polar surface area (TPSA) is 35.5 Å². The van der Waals surface area contributed by atoms with E-state index in [1.807, 2.05) is 0 Å². The van der Waals surface area contributed by atoms with Gasteiger partial charge in [-0.2, -0.15) is 0 Å². The monoisotopic (exact) mass is 382 g/mol. The predicted molar refractivity (Wildman–Crippen MR) is 72.7 cm³/mol. The fraction of sp³-hybridized carbons (Fsp3) is 0.538. The molecule has 0 amide bonds. The summed E-state index contributed by atoms with van der Waals surface area (Å²) < 4.78 is 95.6. The highest BCUT2D eigenvalue weighted by Gasteiger charge is 2.48. The number of piperazine rings is 1. The Labute approximate surface area is 138 Å². The Kier molecular flexibility index (Phi) is 6.85. The number of nitrogens with one attached hydrogen (secondary N) is 1. The van der Waals surface area contributed by atoms with Crippen molar-refractivity contribution < 1.29 is 35.8 Å². The van der Waals surface area contributed by atoms with Gasteiger partial charge >= 0.3 is 0 Å². The van der Waals surface area contributed by atoms with Crippen molar-refractivity contribution in [2.75, 3.05) is 32.8 Å². The summed E-state index contributed by atoms with van der Waals surface area (Å²) in [5.41, 5.74) is -1.64. The largest absolute Gasteiger partial charge is 0.390 e. The number of alkyl halides is 2. The van der Waals surface area contributed by atoms with E-state index in [1.54, 1.807) is 0 Å². The molecule has 0 aliphatic carbocycles. The number of benzene rings is 1. The first-order valence-electron chi connectivity index (χ1n) is 6.67. The molecule has 1 aromatic carbocycles. The number of halogens is 8. The lowest BCUT2D eigenvalue weighted by atomic mass is 9.96. The van der Waals surface area contributed by atoms with Crippen LogP contribution in [0, 0.1) is 29.1 Å². The van der Waals surface area contributed by atoms with E-state index in [1.165, 1.54) is 0 Å². The van der Waals surface area contributed by atoms with Gasteiger partial charge in [0.1, 0.15) is 12.6 Å². The minimum absolute atomic E-state index is 0. The number of aliphatic hydroxyl groups excluding tert-OH is 1. The molecule has 2 N–H and O–H groups in total. The number of hydrogen-bond acceptors (Lipinski definition) is 3. The van der Waals surface area contributed by atoms with Crippen molar-refractivity contribution in [1.82, 2.24) is 10.2 Å². The Balaban J connectivity index is 0.00000288. The lowest BCUT2D eigenvalue weighted by Crippen LogP contribution is -2.51. The quantitative estimate of drug-likeness (QED) is 0.477. The highest BCUT2D eigenvalue weighted by Crippen LogP contribution is 2.40. The Morgan fingerprint density at radius 3 is 1.75 bits per heavy atom. The van der Waals surface area contributed by atoms with Crippen molar-refractivity contribution in [2.45, 2.75) is 12.0 Å². The van der Waals surface area contributed by atoms with Crippen LogP contribution in [0.4, 0.5) is 30.7 Å². The zero-order valence-electron chi connectivity index (χ0n) is 12.1. The molecule has 0 unspecified atom stereocenters. The van der Waals surface area contributed by atoms with Crippen LogP contribution in [0.25, 0.3) is 0 Å². The third-order valence-corrected chi connectivity index (χ3v) is 3.64. The van der Waals surface area contributed by atoms with E-state index >= 15 is 0 Å². The molecule has 0 radical (unpaired) electrons. The standard InChI is InChI=1S/C13H13F7N2O.ClH/c14-7-6(8(15)10(17)11(18)9(7)16)12(13(19,20)5-23)22-3-1-21-2-4-22;/h12,21,23H,1-5H2;1H/t12-;/m1./s1. The molecule has 138 valence electrons. The molecule has 24 heavy (non-hydrogen) atoms. The van der Waals surface area contributed by atoms with Gasteiger partial charge in [0.25, 0.3) is 5.92 Å². The first-order valence-corrected chi connectivity index (χ1v) is 6.67. The maximum atomic E-state index is 14.0. The maximum Gasteiger partial charge on any atom is 0.290 e. The molecule has 2 rings (SSSR count). The third-order valence-electron chi connectivity index (χ3n) is 3.64. The van der Waals surface area contributed by atoms with Gasteiger partial charge in [-0.1, -0.05) is 0 Å². The van der Waals surface area contributed by atoms with Gasteiger partial charge in [0.05, 0.1) is 5.56 Å². The van der Waals surface area contributed by atoms with Crippen molar-refractivity contribution in [3.05, 3.63) is 34.6 Å². The molecule has 1 saturated heterocycles. The molecule has 1 heterocycles.